The Morgan fingerprint density at radius 1 is 1.15 bits per heavy atom. The fourth-order valence-corrected chi connectivity index (χ4v) is 3.31. The summed E-state index contributed by atoms with van der Waals surface area (Å²) in [6, 6.07) is 15.3. The Morgan fingerprint density at radius 3 is 2.93 bits per heavy atom. The lowest BCUT2D eigenvalue weighted by Gasteiger charge is -2.15. The number of nitrogens with one attached hydrogen (secondary N) is 1. The Hall–Kier alpha value is -3.15. The number of aromatic nitrogens is 3. The van der Waals surface area contributed by atoms with Gasteiger partial charge in [0.15, 0.2) is 12.4 Å². The fraction of sp³-hybridized carbons (Fsp3) is 0.286. The zero-order chi connectivity index (χ0) is 18.6. The molecule has 0 spiro atoms. The second-order valence-corrected chi connectivity index (χ2v) is 6.78. The van der Waals surface area contributed by atoms with Crippen LogP contribution in [0.5, 0.6) is 5.75 Å². The third-order valence-electron chi connectivity index (χ3n) is 4.62. The topological polar surface area (TPSA) is 69.0 Å². The van der Waals surface area contributed by atoms with E-state index in [4.69, 9.17) is 4.74 Å². The smallest absolute Gasteiger partial charge is 0.262 e. The summed E-state index contributed by atoms with van der Waals surface area (Å²) >= 11 is 0. The van der Waals surface area contributed by atoms with Crippen LogP contribution in [0.3, 0.4) is 0 Å². The molecule has 1 aliphatic heterocycles. The van der Waals surface area contributed by atoms with E-state index in [0.29, 0.717) is 5.75 Å². The van der Waals surface area contributed by atoms with Gasteiger partial charge in [0.1, 0.15) is 11.6 Å². The van der Waals surface area contributed by atoms with E-state index >= 15 is 0 Å². The molecule has 2 aromatic carbocycles. The fourth-order valence-electron chi connectivity index (χ4n) is 3.31. The molecule has 1 aliphatic rings. The summed E-state index contributed by atoms with van der Waals surface area (Å²) in [5.41, 5.74) is 2.77. The highest BCUT2D eigenvalue weighted by Crippen LogP contribution is 2.25. The average Bonchev–Trinajstić information content (AvgIpc) is 3.11. The van der Waals surface area contributed by atoms with E-state index in [9.17, 15) is 4.79 Å². The molecule has 1 aromatic heterocycles. The van der Waals surface area contributed by atoms with Gasteiger partial charge in [0.05, 0.1) is 0 Å². The number of carbonyl (C=O) groups is 1. The highest BCUT2D eigenvalue weighted by molar-refractivity contribution is 5.92. The molecule has 3 aromatic rings. The van der Waals surface area contributed by atoms with Gasteiger partial charge in [-0.2, -0.15) is 0 Å². The van der Waals surface area contributed by atoms with Gasteiger partial charge in [-0.05, 0) is 49.6 Å². The minimum Gasteiger partial charge on any atom is -0.484 e. The standard InChI is InChI=1S/C21H22N4O2/c1-15-6-4-9-18(12-15)27-14-20(26)22-17-8-5-7-16(13-17)21-24-23-19-10-2-3-11-25(19)21/h4-9,12-13H,2-3,10-11,14H2,1H3,(H,22,26). The van der Waals surface area contributed by atoms with E-state index in [2.05, 4.69) is 20.1 Å². The third kappa shape index (κ3) is 4.00. The van der Waals surface area contributed by atoms with Crippen molar-refractivity contribution in [3.63, 3.8) is 0 Å². The van der Waals surface area contributed by atoms with E-state index in [1.54, 1.807) is 0 Å². The maximum atomic E-state index is 12.2. The minimum atomic E-state index is -0.197. The number of rotatable bonds is 5. The zero-order valence-electron chi connectivity index (χ0n) is 15.3. The number of amides is 1. The van der Waals surface area contributed by atoms with Crippen LogP contribution in [0.1, 0.15) is 24.2 Å². The van der Waals surface area contributed by atoms with Crippen LogP contribution in [-0.4, -0.2) is 27.3 Å². The molecule has 1 amide bonds. The largest absolute Gasteiger partial charge is 0.484 e. The number of nitrogens with zero attached hydrogens (tertiary/aromatic N) is 3. The summed E-state index contributed by atoms with van der Waals surface area (Å²) in [7, 11) is 0. The molecular weight excluding hydrogens is 340 g/mol. The van der Waals surface area contributed by atoms with Gasteiger partial charge in [0.2, 0.25) is 0 Å². The number of carbonyl (C=O) groups excluding carboxylic acids is 1. The number of hydrogen-bond donors (Lipinski definition) is 1. The molecule has 27 heavy (non-hydrogen) atoms. The van der Waals surface area contributed by atoms with Crippen molar-refractivity contribution in [1.29, 1.82) is 0 Å². The van der Waals surface area contributed by atoms with Gasteiger partial charge in [-0.1, -0.05) is 24.3 Å². The van der Waals surface area contributed by atoms with E-state index in [-0.39, 0.29) is 12.5 Å². The number of fused-ring (bicyclic) bond motifs is 1. The van der Waals surface area contributed by atoms with Gasteiger partial charge in [0.25, 0.3) is 5.91 Å². The van der Waals surface area contributed by atoms with Crippen molar-refractivity contribution < 1.29 is 9.53 Å². The van der Waals surface area contributed by atoms with E-state index in [1.165, 1.54) is 0 Å². The molecule has 0 unspecified atom stereocenters. The predicted octanol–water partition coefficient (Wildman–Crippen LogP) is 3.61. The first-order valence-electron chi connectivity index (χ1n) is 9.21. The lowest BCUT2D eigenvalue weighted by atomic mass is 10.1. The molecule has 0 saturated carbocycles. The van der Waals surface area contributed by atoms with Crippen molar-refractivity contribution in [3.8, 4) is 17.1 Å². The van der Waals surface area contributed by atoms with Gasteiger partial charge in [-0.15, -0.1) is 10.2 Å². The van der Waals surface area contributed by atoms with Gasteiger partial charge in [-0.3, -0.25) is 4.79 Å². The van der Waals surface area contributed by atoms with E-state index < -0.39 is 0 Å². The van der Waals surface area contributed by atoms with Crippen LogP contribution in [0.2, 0.25) is 0 Å². The first-order chi connectivity index (χ1) is 13.2. The molecule has 4 rings (SSSR count). The van der Waals surface area contributed by atoms with Crippen LogP contribution >= 0.6 is 0 Å². The number of hydrogen-bond acceptors (Lipinski definition) is 4. The SMILES string of the molecule is Cc1cccc(OCC(=O)Nc2cccc(-c3nnc4n3CCCC4)c2)c1. The van der Waals surface area contributed by atoms with Gasteiger partial charge in [0, 0.05) is 24.2 Å². The number of anilines is 1. The molecule has 0 aliphatic carbocycles. The highest BCUT2D eigenvalue weighted by atomic mass is 16.5. The number of benzene rings is 2. The lowest BCUT2D eigenvalue weighted by Crippen LogP contribution is -2.20. The Morgan fingerprint density at radius 2 is 2.04 bits per heavy atom. The summed E-state index contributed by atoms with van der Waals surface area (Å²) in [6.45, 7) is 2.90. The second-order valence-electron chi connectivity index (χ2n) is 6.78. The molecule has 6 nitrogen and oxygen atoms in total. The maximum absolute atomic E-state index is 12.2. The van der Waals surface area contributed by atoms with Gasteiger partial charge < -0.3 is 14.6 Å². The normalized spacial score (nSPS) is 13.1. The monoisotopic (exact) mass is 362 g/mol. The molecule has 0 saturated heterocycles. The highest BCUT2D eigenvalue weighted by Gasteiger charge is 2.17. The molecule has 0 fully saturated rings. The van der Waals surface area contributed by atoms with Gasteiger partial charge in [-0.25, -0.2) is 0 Å². The van der Waals surface area contributed by atoms with Gasteiger partial charge >= 0.3 is 0 Å². The summed E-state index contributed by atoms with van der Waals surface area (Å²) < 4.78 is 7.73. The number of aryl methyl sites for hydroxylation is 2. The van der Waals surface area contributed by atoms with Crippen molar-refractivity contribution in [2.45, 2.75) is 32.7 Å². The molecule has 0 radical (unpaired) electrons. The lowest BCUT2D eigenvalue weighted by molar-refractivity contribution is -0.118. The number of ether oxygens (including phenoxy) is 1. The third-order valence-corrected chi connectivity index (χ3v) is 4.62. The van der Waals surface area contributed by atoms with Crippen LogP contribution in [0, 0.1) is 6.92 Å². The van der Waals surface area contributed by atoms with Crippen LogP contribution in [-0.2, 0) is 17.8 Å². The summed E-state index contributed by atoms with van der Waals surface area (Å²) in [6.07, 6.45) is 3.28. The molecule has 0 atom stereocenters. The minimum absolute atomic E-state index is 0.0337. The molecule has 6 heteroatoms. The zero-order valence-corrected chi connectivity index (χ0v) is 15.3. The van der Waals surface area contributed by atoms with Crippen molar-refractivity contribution in [2.75, 3.05) is 11.9 Å². The summed E-state index contributed by atoms with van der Waals surface area (Å²) in [5.74, 6) is 2.39. The molecule has 138 valence electrons. The molecule has 2 heterocycles. The van der Waals surface area contributed by atoms with E-state index in [0.717, 1.165) is 54.3 Å². The predicted molar refractivity (Wildman–Crippen MR) is 104 cm³/mol. The van der Waals surface area contributed by atoms with Crippen LogP contribution in [0.15, 0.2) is 48.5 Å². The molecular formula is C21H22N4O2. The Kier molecular flexibility index (Phi) is 4.87. The Balaban J connectivity index is 1.43. The maximum Gasteiger partial charge on any atom is 0.262 e. The Bertz CT molecular complexity index is 964. The van der Waals surface area contributed by atoms with Crippen LogP contribution in [0.4, 0.5) is 5.69 Å². The van der Waals surface area contributed by atoms with Crippen molar-refractivity contribution in [1.82, 2.24) is 14.8 Å². The first-order valence-corrected chi connectivity index (χ1v) is 9.21. The average molecular weight is 362 g/mol. The van der Waals surface area contributed by atoms with E-state index in [1.807, 2.05) is 55.5 Å². The first kappa shape index (κ1) is 17.3. The second kappa shape index (κ2) is 7.61. The summed E-state index contributed by atoms with van der Waals surface area (Å²) in [4.78, 5) is 12.2. The quantitative estimate of drug-likeness (QED) is 0.753. The summed E-state index contributed by atoms with van der Waals surface area (Å²) in [5, 5.41) is 11.5. The van der Waals surface area contributed by atoms with Crippen molar-refractivity contribution in [3.05, 3.63) is 59.9 Å². The Labute approximate surface area is 158 Å². The molecule has 0 bridgehead atoms. The van der Waals surface area contributed by atoms with Crippen LogP contribution in [0.25, 0.3) is 11.4 Å². The van der Waals surface area contributed by atoms with Crippen molar-refractivity contribution in [2.24, 2.45) is 0 Å². The van der Waals surface area contributed by atoms with Crippen molar-refractivity contribution >= 4 is 11.6 Å². The molecule has 1 N–H and O–H groups in total. The van der Waals surface area contributed by atoms with Crippen LogP contribution < -0.4 is 10.1 Å².